The second-order valence-electron chi connectivity index (χ2n) is 8.18. The average Bonchev–Trinajstić information content (AvgIpc) is 2.82. The average molecular weight is 467 g/mol. The maximum atomic E-state index is 13.3. The van der Waals surface area contributed by atoms with E-state index in [1.165, 1.54) is 6.07 Å². The monoisotopic (exact) mass is 466 g/mol. The Hall–Kier alpha value is -3.16. The Kier molecular flexibility index (Phi) is 7.42. The first kappa shape index (κ1) is 23.0. The van der Waals surface area contributed by atoms with Gasteiger partial charge in [-0.05, 0) is 55.5 Å². The number of carbonyl (C=O) groups excluding carboxylic acids is 1. The standard InChI is InChI=1S/C25H27ClN4O3/c1-17-24(25(32)29-22-4-2-3-11-27-22)21(28-15-18-9-12-33-13-10-18)14-23(31)30(17)16-19-5-7-20(26)8-6-19/h2-8,11,14,18,28H,9-10,12-13,15-16H2,1H3,(H,27,29,32). The first-order chi connectivity index (χ1) is 16.0. The van der Waals surface area contributed by atoms with Crippen molar-refractivity contribution in [2.75, 3.05) is 30.4 Å². The number of aromatic nitrogens is 2. The van der Waals surface area contributed by atoms with Crippen molar-refractivity contribution in [1.82, 2.24) is 9.55 Å². The molecule has 1 saturated heterocycles. The third-order valence-corrected chi connectivity index (χ3v) is 6.13. The van der Waals surface area contributed by atoms with E-state index in [0.29, 0.717) is 46.8 Å². The summed E-state index contributed by atoms with van der Waals surface area (Å²) >= 11 is 6.00. The minimum Gasteiger partial charge on any atom is -0.384 e. The van der Waals surface area contributed by atoms with E-state index in [2.05, 4.69) is 15.6 Å². The van der Waals surface area contributed by atoms with Gasteiger partial charge in [0.2, 0.25) is 0 Å². The van der Waals surface area contributed by atoms with Crippen LogP contribution in [0.5, 0.6) is 0 Å². The third kappa shape index (κ3) is 5.80. The number of ether oxygens (including phenoxy) is 1. The van der Waals surface area contributed by atoms with Crippen LogP contribution in [0.15, 0.2) is 59.5 Å². The van der Waals surface area contributed by atoms with Gasteiger partial charge < -0.3 is 19.9 Å². The molecule has 1 amide bonds. The molecule has 8 heteroatoms. The van der Waals surface area contributed by atoms with E-state index in [1.54, 1.807) is 48.0 Å². The lowest BCUT2D eigenvalue weighted by molar-refractivity contribution is 0.0699. The molecule has 2 aromatic heterocycles. The Balaban J connectivity index is 1.67. The van der Waals surface area contributed by atoms with Gasteiger partial charge in [-0.15, -0.1) is 0 Å². The lowest BCUT2D eigenvalue weighted by Crippen LogP contribution is -2.30. The molecule has 1 aliphatic rings. The smallest absolute Gasteiger partial charge is 0.260 e. The number of nitrogens with zero attached hydrogens (tertiary/aromatic N) is 2. The number of benzene rings is 1. The summed E-state index contributed by atoms with van der Waals surface area (Å²) in [5, 5.41) is 6.85. The van der Waals surface area contributed by atoms with Gasteiger partial charge in [0.15, 0.2) is 0 Å². The van der Waals surface area contributed by atoms with Crippen molar-refractivity contribution < 1.29 is 9.53 Å². The van der Waals surface area contributed by atoms with E-state index < -0.39 is 0 Å². The molecule has 0 saturated carbocycles. The molecule has 2 N–H and O–H groups in total. The first-order valence-electron chi connectivity index (χ1n) is 11.0. The summed E-state index contributed by atoms with van der Waals surface area (Å²) in [5.41, 5.74) is 2.29. The van der Waals surface area contributed by atoms with Gasteiger partial charge in [-0.25, -0.2) is 4.98 Å². The molecule has 4 rings (SSSR count). The topological polar surface area (TPSA) is 85.2 Å². The van der Waals surface area contributed by atoms with Gasteiger partial charge in [-0.3, -0.25) is 9.59 Å². The van der Waals surface area contributed by atoms with E-state index in [9.17, 15) is 9.59 Å². The van der Waals surface area contributed by atoms with Crippen LogP contribution in [0.4, 0.5) is 11.5 Å². The van der Waals surface area contributed by atoms with Crippen LogP contribution in [0.25, 0.3) is 0 Å². The molecule has 0 unspecified atom stereocenters. The predicted molar refractivity (Wildman–Crippen MR) is 130 cm³/mol. The number of hydrogen-bond donors (Lipinski definition) is 2. The lowest BCUT2D eigenvalue weighted by atomic mass is 10.00. The van der Waals surface area contributed by atoms with Crippen LogP contribution < -0.4 is 16.2 Å². The number of carbonyl (C=O) groups is 1. The molecule has 1 aliphatic heterocycles. The van der Waals surface area contributed by atoms with Crippen LogP contribution >= 0.6 is 11.6 Å². The molecule has 0 spiro atoms. The van der Waals surface area contributed by atoms with Crippen molar-refractivity contribution in [2.24, 2.45) is 5.92 Å². The third-order valence-electron chi connectivity index (χ3n) is 5.88. The number of hydrogen-bond acceptors (Lipinski definition) is 5. The number of pyridine rings is 2. The molecule has 0 radical (unpaired) electrons. The van der Waals surface area contributed by atoms with Crippen LogP contribution in [0, 0.1) is 12.8 Å². The highest BCUT2D eigenvalue weighted by atomic mass is 35.5. The summed E-state index contributed by atoms with van der Waals surface area (Å²) in [6.45, 7) is 4.28. The zero-order valence-corrected chi connectivity index (χ0v) is 19.3. The summed E-state index contributed by atoms with van der Waals surface area (Å²) in [6, 6.07) is 14.2. The quantitative estimate of drug-likeness (QED) is 0.541. The zero-order valence-electron chi connectivity index (χ0n) is 18.5. The molecule has 3 aromatic rings. The largest absolute Gasteiger partial charge is 0.384 e. The first-order valence-corrected chi connectivity index (χ1v) is 11.4. The molecule has 7 nitrogen and oxygen atoms in total. The Morgan fingerprint density at radius 1 is 1.18 bits per heavy atom. The number of amides is 1. The SMILES string of the molecule is Cc1c(C(=O)Nc2ccccn2)c(NCC2CCOCC2)cc(=O)n1Cc1ccc(Cl)cc1. The molecule has 172 valence electrons. The maximum Gasteiger partial charge on any atom is 0.260 e. The van der Waals surface area contributed by atoms with Crippen LogP contribution in [-0.2, 0) is 11.3 Å². The van der Waals surface area contributed by atoms with E-state index in [0.717, 1.165) is 31.6 Å². The summed E-state index contributed by atoms with van der Waals surface area (Å²) in [4.78, 5) is 30.6. The van der Waals surface area contributed by atoms with Gasteiger partial charge in [0, 0.05) is 42.7 Å². The Bertz CT molecular complexity index is 1160. The van der Waals surface area contributed by atoms with Gasteiger partial charge in [-0.1, -0.05) is 29.8 Å². The summed E-state index contributed by atoms with van der Waals surface area (Å²) in [6.07, 6.45) is 3.53. The van der Waals surface area contributed by atoms with E-state index >= 15 is 0 Å². The second-order valence-corrected chi connectivity index (χ2v) is 8.61. The summed E-state index contributed by atoms with van der Waals surface area (Å²) < 4.78 is 7.04. The number of rotatable bonds is 7. The van der Waals surface area contributed by atoms with Crippen molar-refractivity contribution in [3.05, 3.63) is 86.9 Å². The fourth-order valence-electron chi connectivity index (χ4n) is 3.98. The van der Waals surface area contributed by atoms with Gasteiger partial charge in [-0.2, -0.15) is 0 Å². The Labute approximate surface area is 197 Å². The molecule has 3 heterocycles. The van der Waals surface area contributed by atoms with Gasteiger partial charge in [0.25, 0.3) is 11.5 Å². The van der Waals surface area contributed by atoms with Crippen LogP contribution in [0.2, 0.25) is 5.02 Å². The fourth-order valence-corrected chi connectivity index (χ4v) is 4.11. The number of anilines is 2. The lowest BCUT2D eigenvalue weighted by Gasteiger charge is -2.24. The van der Waals surface area contributed by atoms with Crippen molar-refractivity contribution in [3.8, 4) is 0 Å². The van der Waals surface area contributed by atoms with E-state index in [1.807, 2.05) is 12.1 Å². The van der Waals surface area contributed by atoms with Gasteiger partial charge in [0.05, 0.1) is 17.8 Å². The van der Waals surface area contributed by atoms with Crippen LogP contribution in [0.3, 0.4) is 0 Å². The molecule has 1 aromatic carbocycles. The second kappa shape index (κ2) is 10.6. The molecular formula is C25H27ClN4O3. The summed E-state index contributed by atoms with van der Waals surface area (Å²) in [7, 11) is 0. The fraction of sp³-hybridized carbons (Fsp3) is 0.320. The highest BCUT2D eigenvalue weighted by Crippen LogP contribution is 2.23. The minimum absolute atomic E-state index is 0.175. The summed E-state index contributed by atoms with van der Waals surface area (Å²) in [5.74, 6) is 0.570. The predicted octanol–water partition coefficient (Wildman–Crippen LogP) is 4.34. The van der Waals surface area contributed by atoms with E-state index in [4.69, 9.17) is 16.3 Å². The van der Waals surface area contributed by atoms with Gasteiger partial charge >= 0.3 is 0 Å². The molecular weight excluding hydrogens is 440 g/mol. The van der Waals surface area contributed by atoms with Crippen molar-refractivity contribution in [1.29, 1.82) is 0 Å². The van der Waals surface area contributed by atoms with E-state index in [-0.39, 0.29) is 11.5 Å². The molecule has 33 heavy (non-hydrogen) atoms. The molecule has 1 fully saturated rings. The Morgan fingerprint density at radius 3 is 2.64 bits per heavy atom. The molecule has 0 aliphatic carbocycles. The normalized spacial score (nSPS) is 14.1. The molecule has 0 atom stereocenters. The zero-order chi connectivity index (χ0) is 23.2. The number of nitrogens with one attached hydrogen (secondary N) is 2. The van der Waals surface area contributed by atoms with Crippen molar-refractivity contribution in [2.45, 2.75) is 26.3 Å². The Morgan fingerprint density at radius 2 is 1.94 bits per heavy atom. The maximum absolute atomic E-state index is 13.3. The minimum atomic E-state index is -0.314. The van der Waals surface area contributed by atoms with Gasteiger partial charge in [0.1, 0.15) is 5.82 Å². The van der Waals surface area contributed by atoms with Crippen LogP contribution in [0.1, 0.15) is 34.5 Å². The highest BCUT2D eigenvalue weighted by Gasteiger charge is 2.21. The number of halogens is 1. The van der Waals surface area contributed by atoms with Crippen LogP contribution in [-0.4, -0.2) is 35.2 Å². The highest BCUT2D eigenvalue weighted by molar-refractivity contribution is 6.30. The van der Waals surface area contributed by atoms with Crippen molar-refractivity contribution >= 4 is 29.0 Å². The molecule has 0 bridgehead atoms. The van der Waals surface area contributed by atoms with Crippen molar-refractivity contribution in [3.63, 3.8) is 0 Å².